The van der Waals surface area contributed by atoms with Crippen molar-refractivity contribution in [2.45, 2.75) is 25.7 Å². The Hall–Kier alpha value is -2.40. The number of nitrogens with one attached hydrogen (secondary N) is 2. The van der Waals surface area contributed by atoms with Gasteiger partial charge >= 0.3 is 6.03 Å². The molecule has 2 N–H and O–H groups in total. The van der Waals surface area contributed by atoms with Crippen LogP contribution in [-0.4, -0.2) is 42.1 Å². The zero-order valence-corrected chi connectivity index (χ0v) is 14.6. The van der Waals surface area contributed by atoms with Crippen molar-refractivity contribution in [3.63, 3.8) is 0 Å². The smallest absolute Gasteiger partial charge is 0.319 e. The quantitative estimate of drug-likeness (QED) is 0.816. The number of carbonyl (C=O) groups excluding carboxylic acids is 1. The van der Waals surface area contributed by atoms with Gasteiger partial charge in [0.1, 0.15) is 0 Å². The largest absolute Gasteiger partial charge is 0.337 e. The molecule has 5 nitrogen and oxygen atoms in total. The first-order valence-corrected chi connectivity index (χ1v) is 9.06. The second-order valence-corrected chi connectivity index (χ2v) is 6.45. The molecule has 132 valence electrons. The van der Waals surface area contributed by atoms with Crippen molar-refractivity contribution in [2.24, 2.45) is 0 Å². The number of carbonyl (C=O) groups is 1. The third-order valence-electron chi connectivity index (χ3n) is 4.52. The van der Waals surface area contributed by atoms with E-state index in [0.717, 1.165) is 43.9 Å². The molecule has 2 aromatic rings. The number of likely N-dealkylation sites (tertiary alicyclic amines) is 1. The van der Waals surface area contributed by atoms with E-state index in [1.54, 1.807) is 0 Å². The fraction of sp³-hybridized carbons (Fsp3) is 0.400. The van der Waals surface area contributed by atoms with Crippen LogP contribution in [0, 0.1) is 0 Å². The molecule has 1 fully saturated rings. The predicted octanol–water partition coefficient (Wildman–Crippen LogP) is 3.08. The number of amides is 2. The van der Waals surface area contributed by atoms with Gasteiger partial charge < -0.3 is 15.5 Å². The lowest BCUT2D eigenvalue weighted by Gasteiger charge is -2.15. The number of nitrogens with zero attached hydrogens (tertiary/aromatic N) is 2. The number of hydrogen-bond donors (Lipinski definition) is 2. The Bertz CT molecular complexity index is 651. The summed E-state index contributed by atoms with van der Waals surface area (Å²) in [6.07, 6.45) is 6.24. The highest BCUT2D eigenvalue weighted by Crippen LogP contribution is 2.11. The molecule has 0 radical (unpaired) electrons. The van der Waals surface area contributed by atoms with Gasteiger partial charge in [-0.25, -0.2) is 4.79 Å². The van der Waals surface area contributed by atoms with E-state index >= 15 is 0 Å². The van der Waals surface area contributed by atoms with E-state index in [9.17, 15) is 4.79 Å². The summed E-state index contributed by atoms with van der Waals surface area (Å²) in [5.41, 5.74) is 3.16. The van der Waals surface area contributed by atoms with Crippen molar-refractivity contribution in [2.75, 3.05) is 31.5 Å². The zero-order chi connectivity index (χ0) is 17.3. The number of pyridine rings is 1. The predicted molar refractivity (Wildman–Crippen MR) is 101 cm³/mol. The van der Waals surface area contributed by atoms with E-state index < -0.39 is 0 Å². The van der Waals surface area contributed by atoms with Crippen LogP contribution in [0.15, 0.2) is 48.7 Å². The third kappa shape index (κ3) is 5.87. The monoisotopic (exact) mass is 338 g/mol. The molecule has 0 saturated carbocycles. The lowest BCUT2D eigenvalue weighted by molar-refractivity contribution is 0.249. The van der Waals surface area contributed by atoms with Crippen LogP contribution in [0.1, 0.15) is 24.1 Å². The summed E-state index contributed by atoms with van der Waals surface area (Å²) < 4.78 is 0. The van der Waals surface area contributed by atoms with Gasteiger partial charge in [0.2, 0.25) is 0 Å². The van der Waals surface area contributed by atoms with Gasteiger partial charge in [-0.15, -0.1) is 0 Å². The SMILES string of the molecule is O=C(NCCN1CCCC1)Nc1ccc(CCc2ccccn2)cc1. The van der Waals surface area contributed by atoms with Crippen LogP contribution >= 0.6 is 0 Å². The van der Waals surface area contributed by atoms with E-state index in [-0.39, 0.29) is 6.03 Å². The molecule has 0 bridgehead atoms. The Kier molecular flexibility index (Phi) is 6.40. The topological polar surface area (TPSA) is 57.3 Å². The molecular formula is C20H26N4O. The Morgan fingerprint density at radius 3 is 2.56 bits per heavy atom. The van der Waals surface area contributed by atoms with Crippen molar-refractivity contribution < 1.29 is 4.79 Å². The highest BCUT2D eigenvalue weighted by Gasteiger charge is 2.11. The Labute approximate surface area is 149 Å². The molecule has 2 amide bonds. The van der Waals surface area contributed by atoms with Gasteiger partial charge in [-0.05, 0) is 68.6 Å². The molecule has 1 saturated heterocycles. The van der Waals surface area contributed by atoms with E-state index in [4.69, 9.17) is 0 Å². The van der Waals surface area contributed by atoms with E-state index in [1.807, 2.05) is 36.5 Å². The number of aromatic nitrogens is 1. The van der Waals surface area contributed by atoms with Gasteiger partial charge in [0, 0.05) is 30.7 Å². The molecule has 25 heavy (non-hydrogen) atoms. The highest BCUT2D eigenvalue weighted by molar-refractivity contribution is 5.89. The fourth-order valence-electron chi connectivity index (χ4n) is 3.08. The number of anilines is 1. The lowest BCUT2D eigenvalue weighted by atomic mass is 10.1. The maximum atomic E-state index is 11.9. The maximum absolute atomic E-state index is 11.9. The normalized spacial score (nSPS) is 14.4. The minimum atomic E-state index is -0.138. The molecule has 0 aliphatic carbocycles. The first-order chi connectivity index (χ1) is 12.3. The van der Waals surface area contributed by atoms with Crippen molar-refractivity contribution in [3.8, 4) is 0 Å². The average molecular weight is 338 g/mol. The van der Waals surface area contributed by atoms with Crippen LogP contribution in [0.5, 0.6) is 0 Å². The van der Waals surface area contributed by atoms with E-state index in [2.05, 4.69) is 32.7 Å². The van der Waals surface area contributed by atoms with Gasteiger partial charge in [0.05, 0.1) is 0 Å². The average Bonchev–Trinajstić information content (AvgIpc) is 3.15. The van der Waals surface area contributed by atoms with Crippen LogP contribution in [-0.2, 0) is 12.8 Å². The Morgan fingerprint density at radius 2 is 1.84 bits per heavy atom. The first-order valence-electron chi connectivity index (χ1n) is 9.06. The molecule has 1 aliphatic heterocycles. The van der Waals surface area contributed by atoms with Crippen LogP contribution in [0.25, 0.3) is 0 Å². The summed E-state index contributed by atoms with van der Waals surface area (Å²) in [5.74, 6) is 0. The number of urea groups is 1. The van der Waals surface area contributed by atoms with Crippen LogP contribution in [0.4, 0.5) is 10.5 Å². The van der Waals surface area contributed by atoms with Crippen molar-refractivity contribution in [3.05, 3.63) is 59.9 Å². The molecular weight excluding hydrogens is 312 g/mol. The number of rotatable bonds is 7. The molecule has 3 rings (SSSR count). The number of benzene rings is 1. The summed E-state index contributed by atoms with van der Waals surface area (Å²) in [5, 5.41) is 5.81. The molecule has 1 aromatic carbocycles. The second kappa shape index (κ2) is 9.18. The van der Waals surface area contributed by atoms with Crippen molar-refractivity contribution in [1.29, 1.82) is 0 Å². The highest BCUT2D eigenvalue weighted by atomic mass is 16.2. The van der Waals surface area contributed by atoms with Gasteiger partial charge in [-0.1, -0.05) is 18.2 Å². The zero-order valence-electron chi connectivity index (χ0n) is 14.6. The number of aryl methyl sites for hydroxylation is 2. The molecule has 0 unspecified atom stereocenters. The molecule has 1 aromatic heterocycles. The van der Waals surface area contributed by atoms with Crippen LogP contribution in [0.2, 0.25) is 0 Å². The van der Waals surface area contributed by atoms with E-state index in [0.29, 0.717) is 6.54 Å². The van der Waals surface area contributed by atoms with Crippen LogP contribution < -0.4 is 10.6 Å². The molecule has 2 heterocycles. The summed E-state index contributed by atoms with van der Waals surface area (Å²) in [7, 11) is 0. The van der Waals surface area contributed by atoms with Crippen LogP contribution in [0.3, 0.4) is 0 Å². The van der Waals surface area contributed by atoms with Gasteiger partial charge in [-0.3, -0.25) is 4.98 Å². The Morgan fingerprint density at radius 1 is 1.04 bits per heavy atom. The van der Waals surface area contributed by atoms with Gasteiger partial charge in [-0.2, -0.15) is 0 Å². The molecule has 0 atom stereocenters. The maximum Gasteiger partial charge on any atom is 0.319 e. The molecule has 5 heteroatoms. The molecule has 1 aliphatic rings. The van der Waals surface area contributed by atoms with Gasteiger partial charge in [0.15, 0.2) is 0 Å². The van der Waals surface area contributed by atoms with Crippen molar-refractivity contribution >= 4 is 11.7 Å². The second-order valence-electron chi connectivity index (χ2n) is 6.45. The summed E-state index contributed by atoms with van der Waals surface area (Å²) in [4.78, 5) is 18.7. The minimum absolute atomic E-state index is 0.138. The Balaban J connectivity index is 1.38. The lowest BCUT2D eigenvalue weighted by Crippen LogP contribution is -2.35. The third-order valence-corrected chi connectivity index (χ3v) is 4.52. The van der Waals surface area contributed by atoms with Gasteiger partial charge in [0.25, 0.3) is 0 Å². The van der Waals surface area contributed by atoms with Crippen molar-refractivity contribution in [1.82, 2.24) is 15.2 Å². The first kappa shape index (κ1) is 17.4. The minimum Gasteiger partial charge on any atom is -0.337 e. The summed E-state index contributed by atoms with van der Waals surface area (Å²) >= 11 is 0. The summed E-state index contributed by atoms with van der Waals surface area (Å²) in [6.45, 7) is 3.93. The van der Waals surface area contributed by atoms with E-state index in [1.165, 1.54) is 18.4 Å². The number of hydrogen-bond acceptors (Lipinski definition) is 3. The standard InChI is InChI=1S/C20H26N4O/c25-20(22-13-16-24-14-3-4-15-24)23-19-10-7-17(8-11-19)6-9-18-5-1-2-12-21-18/h1-2,5,7-8,10-12H,3-4,6,9,13-16H2,(H2,22,23,25). The molecule has 0 spiro atoms. The fourth-order valence-corrected chi connectivity index (χ4v) is 3.08. The summed E-state index contributed by atoms with van der Waals surface area (Å²) in [6, 6.07) is 13.9.